The van der Waals surface area contributed by atoms with Crippen molar-refractivity contribution in [3.8, 4) is 0 Å². The normalized spacial score (nSPS) is 10.9. The van der Waals surface area contributed by atoms with Gasteiger partial charge in [-0.2, -0.15) is 0 Å². The SMILES string of the molecule is C=CCOC=CCCCCCCCCCCCC. The monoisotopic (exact) mass is 252 g/mol. The lowest BCUT2D eigenvalue weighted by atomic mass is 10.1. The lowest BCUT2D eigenvalue weighted by Gasteiger charge is -2.01. The average molecular weight is 252 g/mol. The molecule has 106 valence electrons. The number of allylic oxidation sites excluding steroid dienone is 1. The molecule has 0 rings (SSSR count). The van der Waals surface area contributed by atoms with Crippen LogP contribution in [-0.2, 0) is 4.74 Å². The van der Waals surface area contributed by atoms with E-state index in [9.17, 15) is 0 Å². The molecule has 0 radical (unpaired) electrons. The van der Waals surface area contributed by atoms with Crippen LogP contribution in [0.15, 0.2) is 25.0 Å². The Morgan fingerprint density at radius 2 is 1.39 bits per heavy atom. The van der Waals surface area contributed by atoms with E-state index in [1.807, 2.05) is 0 Å². The van der Waals surface area contributed by atoms with E-state index in [1.165, 1.54) is 64.2 Å². The second kappa shape index (κ2) is 16.3. The van der Waals surface area contributed by atoms with Crippen LogP contribution in [0.2, 0.25) is 0 Å². The van der Waals surface area contributed by atoms with Crippen LogP contribution in [0.4, 0.5) is 0 Å². The van der Waals surface area contributed by atoms with Crippen LogP contribution in [0, 0.1) is 0 Å². The van der Waals surface area contributed by atoms with Crippen LogP contribution in [0.3, 0.4) is 0 Å². The molecule has 0 fully saturated rings. The zero-order valence-electron chi connectivity index (χ0n) is 12.3. The summed E-state index contributed by atoms with van der Waals surface area (Å²) in [5, 5.41) is 0. The Bertz CT molecular complexity index is 184. The van der Waals surface area contributed by atoms with Gasteiger partial charge in [-0.1, -0.05) is 77.4 Å². The van der Waals surface area contributed by atoms with E-state index < -0.39 is 0 Å². The van der Waals surface area contributed by atoms with Crippen molar-refractivity contribution in [2.24, 2.45) is 0 Å². The van der Waals surface area contributed by atoms with Crippen molar-refractivity contribution >= 4 is 0 Å². The minimum absolute atomic E-state index is 0.620. The van der Waals surface area contributed by atoms with Crippen molar-refractivity contribution in [2.75, 3.05) is 6.61 Å². The molecule has 0 aliphatic heterocycles. The Hall–Kier alpha value is -0.720. The third kappa shape index (κ3) is 15.3. The Morgan fingerprint density at radius 1 is 0.833 bits per heavy atom. The number of unbranched alkanes of at least 4 members (excludes halogenated alkanes) is 10. The molecular formula is C17H32O. The summed E-state index contributed by atoms with van der Waals surface area (Å²) in [4.78, 5) is 0. The maximum atomic E-state index is 5.18. The molecule has 0 aromatic heterocycles. The van der Waals surface area contributed by atoms with E-state index in [4.69, 9.17) is 4.74 Å². The van der Waals surface area contributed by atoms with Crippen molar-refractivity contribution < 1.29 is 4.74 Å². The molecule has 0 atom stereocenters. The molecule has 0 aromatic carbocycles. The fourth-order valence-corrected chi connectivity index (χ4v) is 2.01. The Balaban J connectivity index is 2.98. The zero-order valence-corrected chi connectivity index (χ0v) is 12.3. The summed E-state index contributed by atoms with van der Waals surface area (Å²) in [5.41, 5.74) is 0. The van der Waals surface area contributed by atoms with E-state index in [1.54, 1.807) is 12.3 Å². The van der Waals surface area contributed by atoms with Crippen LogP contribution in [0.1, 0.15) is 77.6 Å². The van der Waals surface area contributed by atoms with Crippen LogP contribution in [0.25, 0.3) is 0 Å². The zero-order chi connectivity index (χ0) is 13.3. The Labute approximate surface area is 114 Å². The molecule has 0 spiro atoms. The molecule has 0 bridgehead atoms. The first kappa shape index (κ1) is 17.3. The maximum Gasteiger partial charge on any atom is 0.105 e. The lowest BCUT2D eigenvalue weighted by molar-refractivity contribution is 0.288. The van der Waals surface area contributed by atoms with Crippen molar-refractivity contribution in [3.63, 3.8) is 0 Å². The van der Waals surface area contributed by atoms with Crippen molar-refractivity contribution in [1.82, 2.24) is 0 Å². The first-order chi connectivity index (χ1) is 8.91. The maximum absolute atomic E-state index is 5.18. The van der Waals surface area contributed by atoms with Crippen LogP contribution >= 0.6 is 0 Å². The lowest BCUT2D eigenvalue weighted by Crippen LogP contribution is -1.82. The van der Waals surface area contributed by atoms with E-state index in [0.29, 0.717) is 6.61 Å². The van der Waals surface area contributed by atoms with Gasteiger partial charge in [0, 0.05) is 0 Å². The highest BCUT2D eigenvalue weighted by Gasteiger charge is 1.91. The van der Waals surface area contributed by atoms with Crippen molar-refractivity contribution in [3.05, 3.63) is 25.0 Å². The van der Waals surface area contributed by atoms with Gasteiger partial charge >= 0.3 is 0 Å². The van der Waals surface area contributed by atoms with Crippen LogP contribution in [0.5, 0.6) is 0 Å². The van der Waals surface area contributed by atoms with Gasteiger partial charge in [0.1, 0.15) is 6.61 Å². The Kier molecular flexibility index (Phi) is 15.6. The third-order valence-electron chi connectivity index (χ3n) is 3.13. The first-order valence-corrected chi connectivity index (χ1v) is 7.79. The Morgan fingerprint density at radius 3 is 1.94 bits per heavy atom. The molecule has 0 amide bonds. The smallest absolute Gasteiger partial charge is 0.105 e. The number of rotatable bonds is 14. The topological polar surface area (TPSA) is 9.23 Å². The number of ether oxygens (including phenoxy) is 1. The quantitative estimate of drug-likeness (QED) is 0.209. The fraction of sp³-hybridized carbons (Fsp3) is 0.765. The molecule has 0 heterocycles. The fourth-order valence-electron chi connectivity index (χ4n) is 2.01. The molecule has 0 unspecified atom stereocenters. The average Bonchev–Trinajstić information content (AvgIpc) is 2.39. The molecule has 1 nitrogen and oxygen atoms in total. The second-order valence-electron chi connectivity index (χ2n) is 4.96. The van der Waals surface area contributed by atoms with Gasteiger partial charge in [0.05, 0.1) is 6.26 Å². The number of hydrogen-bond acceptors (Lipinski definition) is 1. The van der Waals surface area contributed by atoms with Gasteiger partial charge in [0.25, 0.3) is 0 Å². The predicted molar refractivity (Wildman–Crippen MR) is 81.8 cm³/mol. The third-order valence-corrected chi connectivity index (χ3v) is 3.13. The highest BCUT2D eigenvalue weighted by molar-refractivity contribution is 4.75. The molecule has 18 heavy (non-hydrogen) atoms. The predicted octanol–water partition coefficient (Wildman–Crippen LogP) is 6.01. The van der Waals surface area contributed by atoms with Gasteiger partial charge in [0.15, 0.2) is 0 Å². The minimum atomic E-state index is 0.620. The summed E-state index contributed by atoms with van der Waals surface area (Å²) >= 11 is 0. The van der Waals surface area contributed by atoms with Crippen LogP contribution < -0.4 is 0 Å². The molecule has 0 N–H and O–H groups in total. The van der Waals surface area contributed by atoms with Gasteiger partial charge in [-0.25, -0.2) is 0 Å². The molecule has 0 saturated heterocycles. The molecule has 0 saturated carbocycles. The first-order valence-electron chi connectivity index (χ1n) is 7.79. The largest absolute Gasteiger partial charge is 0.497 e. The van der Waals surface area contributed by atoms with E-state index in [-0.39, 0.29) is 0 Å². The highest BCUT2D eigenvalue weighted by Crippen LogP contribution is 2.11. The summed E-state index contributed by atoms with van der Waals surface area (Å²) in [7, 11) is 0. The summed E-state index contributed by atoms with van der Waals surface area (Å²) in [5.74, 6) is 0. The van der Waals surface area contributed by atoms with Gasteiger partial charge in [-0.15, -0.1) is 0 Å². The molecular weight excluding hydrogens is 220 g/mol. The van der Waals surface area contributed by atoms with Crippen molar-refractivity contribution in [1.29, 1.82) is 0 Å². The molecule has 0 aliphatic carbocycles. The van der Waals surface area contributed by atoms with Gasteiger partial charge < -0.3 is 4.74 Å². The van der Waals surface area contributed by atoms with Crippen LogP contribution in [-0.4, -0.2) is 6.61 Å². The van der Waals surface area contributed by atoms with Crippen molar-refractivity contribution in [2.45, 2.75) is 77.6 Å². The summed E-state index contributed by atoms with van der Waals surface area (Å²) < 4.78 is 5.18. The van der Waals surface area contributed by atoms with Gasteiger partial charge in [-0.05, 0) is 18.9 Å². The standard InChI is InChI=1S/C17H32O/c1-3-5-6-7-8-9-10-11-12-13-14-15-17-18-16-4-2/h4,15,17H,2-3,5-14,16H2,1H3. The van der Waals surface area contributed by atoms with E-state index in [0.717, 1.165) is 6.42 Å². The van der Waals surface area contributed by atoms with E-state index in [2.05, 4.69) is 19.6 Å². The van der Waals surface area contributed by atoms with Gasteiger partial charge in [0.2, 0.25) is 0 Å². The molecule has 1 heteroatoms. The minimum Gasteiger partial charge on any atom is -0.497 e. The van der Waals surface area contributed by atoms with Gasteiger partial charge in [-0.3, -0.25) is 0 Å². The highest BCUT2D eigenvalue weighted by atomic mass is 16.5. The van der Waals surface area contributed by atoms with E-state index >= 15 is 0 Å². The molecule has 0 aliphatic rings. The summed E-state index contributed by atoms with van der Waals surface area (Å²) in [6.45, 7) is 6.50. The summed E-state index contributed by atoms with van der Waals surface area (Å²) in [6.07, 6.45) is 20.8. The summed E-state index contributed by atoms with van der Waals surface area (Å²) in [6, 6.07) is 0. The molecule has 0 aromatic rings. The second-order valence-corrected chi connectivity index (χ2v) is 4.96. The number of hydrogen-bond donors (Lipinski definition) is 0.